The molecule has 0 aliphatic heterocycles. The minimum atomic E-state index is -0.633. The van der Waals surface area contributed by atoms with Crippen LogP contribution in [-0.2, 0) is 0 Å². The normalized spacial score (nSPS) is 10.7. The summed E-state index contributed by atoms with van der Waals surface area (Å²) in [5.74, 6) is 0.324. The predicted octanol–water partition coefficient (Wildman–Crippen LogP) is 6.33. The summed E-state index contributed by atoms with van der Waals surface area (Å²) in [5, 5.41) is 2.39. The van der Waals surface area contributed by atoms with E-state index in [1.54, 1.807) is 29.7 Å². The first-order valence-electron chi connectivity index (χ1n) is 11.2. The van der Waals surface area contributed by atoms with E-state index >= 15 is 0 Å². The Balaban J connectivity index is 1.62. The number of ether oxygens (including phenoxy) is 1. The van der Waals surface area contributed by atoms with E-state index in [0.717, 1.165) is 5.69 Å². The molecule has 0 aliphatic rings. The average Bonchev–Trinajstić information content (AvgIpc) is 2.91. The second-order valence-corrected chi connectivity index (χ2v) is 7.95. The van der Waals surface area contributed by atoms with E-state index in [1.165, 1.54) is 5.01 Å². The van der Waals surface area contributed by atoms with Gasteiger partial charge in [-0.15, -0.1) is 0 Å². The molecule has 5 rings (SSSR count). The number of benzene rings is 4. The monoisotopic (exact) mass is 461 g/mol. The summed E-state index contributed by atoms with van der Waals surface area (Å²) in [6, 6.07) is 35.0. The van der Waals surface area contributed by atoms with E-state index in [4.69, 9.17) is 4.74 Å². The molecular weight excluding hydrogens is 438 g/mol. The summed E-state index contributed by atoms with van der Waals surface area (Å²) in [6.07, 6.45) is -0.633. The molecule has 0 bridgehead atoms. The van der Waals surface area contributed by atoms with Gasteiger partial charge in [0.25, 0.3) is 5.56 Å². The maximum Gasteiger partial charge on any atom is 0.438 e. The molecule has 1 aromatic heterocycles. The minimum Gasteiger partial charge on any atom is -0.406 e. The van der Waals surface area contributed by atoms with E-state index in [2.05, 4.69) is 5.43 Å². The van der Waals surface area contributed by atoms with Crippen molar-refractivity contribution in [3.63, 3.8) is 0 Å². The van der Waals surface area contributed by atoms with Crippen LogP contribution < -0.4 is 20.7 Å². The number of pyridine rings is 1. The SMILES string of the molecule is Cc1c(OC(=O)N(Nc2ccccc2)c2ccccc2)c2ccccc2c(=O)n1-c1ccccc1. The van der Waals surface area contributed by atoms with Gasteiger partial charge in [-0.05, 0) is 49.4 Å². The van der Waals surface area contributed by atoms with Crippen LogP contribution in [0.25, 0.3) is 16.5 Å². The Morgan fingerprint density at radius 1 is 0.743 bits per heavy atom. The van der Waals surface area contributed by atoms with Crippen LogP contribution in [0.15, 0.2) is 120 Å². The smallest absolute Gasteiger partial charge is 0.406 e. The number of hydrazine groups is 1. The average molecular weight is 462 g/mol. The number of hydrogen-bond acceptors (Lipinski definition) is 4. The van der Waals surface area contributed by atoms with Crippen LogP contribution in [0.1, 0.15) is 5.69 Å². The number of hydrogen-bond donors (Lipinski definition) is 1. The lowest BCUT2D eigenvalue weighted by molar-refractivity contribution is 0.209. The molecule has 0 saturated heterocycles. The molecule has 35 heavy (non-hydrogen) atoms. The van der Waals surface area contributed by atoms with Crippen LogP contribution in [-0.4, -0.2) is 10.7 Å². The minimum absolute atomic E-state index is 0.175. The van der Waals surface area contributed by atoms with Gasteiger partial charge in [0.15, 0.2) is 5.75 Å². The van der Waals surface area contributed by atoms with Gasteiger partial charge in [-0.25, -0.2) is 4.79 Å². The van der Waals surface area contributed by atoms with E-state index < -0.39 is 6.09 Å². The van der Waals surface area contributed by atoms with E-state index in [-0.39, 0.29) is 5.56 Å². The van der Waals surface area contributed by atoms with Crippen molar-refractivity contribution < 1.29 is 9.53 Å². The Hall–Kier alpha value is -4.84. The lowest BCUT2D eigenvalue weighted by atomic mass is 10.1. The van der Waals surface area contributed by atoms with Crippen molar-refractivity contribution in [2.45, 2.75) is 6.92 Å². The van der Waals surface area contributed by atoms with Gasteiger partial charge in [-0.3, -0.25) is 14.8 Å². The Kier molecular flexibility index (Phi) is 6.01. The van der Waals surface area contributed by atoms with Gasteiger partial charge in [0.1, 0.15) is 0 Å². The number of carbonyl (C=O) groups is 1. The fourth-order valence-corrected chi connectivity index (χ4v) is 4.02. The van der Waals surface area contributed by atoms with Gasteiger partial charge in [0.05, 0.1) is 22.5 Å². The summed E-state index contributed by atoms with van der Waals surface area (Å²) in [7, 11) is 0. The van der Waals surface area contributed by atoms with Crippen molar-refractivity contribution in [3.05, 3.63) is 131 Å². The number of anilines is 2. The number of nitrogens with one attached hydrogen (secondary N) is 1. The third-order valence-electron chi connectivity index (χ3n) is 5.68. The van der Waals surface area contributed by atoms with Crippen molar-refractivity contribution >= 4 is 28.2 Å². The lowest BCUT2D eigenvalue weighted by Gasteiger charge is -2.25. The van der Waals surface area contributed by atoms with Crippen LogP contribution in [0.2, 0.25) is 0 Å². The van der Waals surface area contributed by atoms with Gasteiger partial charge in [0.2, 0.25) is 0 Å². The quantitative estimate of drug-likeness (QED) is 0.311. The first-order valence-corrected chi connectivity index (χ1v) is 11.2. The number of nitrogens with zero attached hydrogens (tertiary/aromatic N) is 2. The number of fused-ring (bicyclic) bond motifs is 1. The second kappa shape index (κ2) is 9.57. The van der Waals surface area contributed by atoms with Crippen molar-refractivity contribution in [2.24, 2.45) is 0 Å². The van der Waals surface area contributed by atoms with Crippen molar-refractivity contribution in [2.75, 3.05) is 10.4 Å². The van der Waals surface area contributed by atoms with E-state index in [0.29, 0.717) is 33.6 Å². The van der Waals surface area contributed by atoms with Crippen LogP contribution in [0.5, 0.6) is 5.75 Å². The maximum atomic E-state index is 13.6. The Labute approximate surface area is 202 Å². The molecule has 0 fully saturated rings. The fraction of sp³-hybridized carbons (Fsp3) is 0.0345. The highest BCUT2D eigenvalue weighted by Gasteiger charge is 2.23. The molecule has 0 spiro atoms. The van der Waals surface area contributed by atoms with Crippen LogP contribution >= 0.6 is 0 Å². The molecule has 6 heteroatoms. The molecule has 0 aliphatic carbocycles. The molecule has 0 radical (unpaired) electrons. The molecule has 172 valence electrons. The van der Waals surface area contributed by atoms with Gasteiger partial charge >= 0.3 is 6.09 Å². The fourth-order valence-electron chi connectivity index (χ4n) is 4.02. The number of rotatable bonds is 5. The third-order valence-corrected chi connectivity index (χ3v) is 5.68. The molecular formula is C29H23N3O3. The molecule has 0 atom stereocenters. The van der Waals surface area contributed by atoms with Crippen LogP contribution in [0, 0.1) is 6.92 Å². The number of carbonyl (C=O) groups excluding carboxylic acids is 1. The number of para-hydroxylation sites is 3. The summed E-state index contributed by atoms with van der Waals surface area (Å²) in [4.78, 5) is 27.0. The summed E-state index contributed by atoms with van der Waals surface area (Å²) < 4.78 is 7.60. The molecule has 1 N–H and O–H groups in total. The van der Waals surface area contributed by atoms with Crippen LogP contribution in [0.4, 0.5) is 16.2 Å². The largest absolute Gasteiger partial charge is 0.438 e. The Bertz CT molecular complexity index is 1530. The van der Waals surface area contributed by atoms with E-state index in [1.807, 2.05) is 97.1 Å². The van der Waals surface area contributed by atoms with Crippen molar-refractivity contribution in [1.29, 1.82) is 0 Å². The molecule has 0 saturated carbocycles. The highest BCUT2D eigenvalue weighted by Crippen LogP contribution is 2.30. The molecule has 6 nitrogen and oxygen atoms in total. The van der Waals surface area contributed by atoms with Gasteiger partial charge < -0.3 is 4.74 Å². The molecule has 0 unspecified atom stereocenters. The molecule has 4 aromatic carbocycles. The zero-order valence-corrected chi connectivity index (χ0v) is 19.1. The number of amides is 1. The Morgan fingerprint density at radius 3 is 1.94 bits per heavy atom. The van der Waals surface area contributed by atoms with Crippen LogP contribution in [0.3, 0.4) is 0 Å². The molecule has 1 heterocycles. The summed E-state index contributed by atoms with van der Waals surface area (Å²) in [6.45, 7) is 1.78. The topological polar surface area (TPSA) is 63.6 Å². The third kappa shape index (κ3) is 4.37. The predicted molar refractivity (Wildman–Crippen MR) is 139 cm³/mol. The summed E-state index contributed by atoms with van der Waals surface area (Å²) in [5.41, 5.74) is 5.52. The maximum absolute atomic E-state index is 13.6. The highest BCUT2D eigenvalue weighted by atomic mass is 16.6. The number of aromatic nitrogens is 1. The zero-order chi connectivity index (χ0) is 24.2. The van der Waals surface area contributed by atoms with Gasteiger partial charge in [-0.1, -0.05) is 72.8 Å². The first-order chi connectivity index (χ1) is 17.1. The lowest BCUT2D eigenvalue weighted by Crippen LogP contribution is -2.39. The first kappa shape index (κ1) is 22.0. The highest BCUT2D eigenvalue weighted by molar-refractivity contribution is 5.95. The van der Waals surface area contributed by atoms with Crippen molar-refractivity contribution in [1.82, 2.24) is 4.57 Å². The van der Waals surface area contributed by atoms with Gasteiger partial charge in [-0.2, -0.15) is 5.01 Å². The Morgan fingerprint density at radius 2 is 1.29 bits per heavy atom. The zero-order valence-electron chi connectivity index (χ0n) is 19.1. The summed E-state index contributed by atoms with van der Waals surface area (Å²) >= 11 is 0. The van der Waals surface area contributed by atoms with Gasteiger partial charge in [0, 0.05) is 11.1 Å². The second-order valence-electron chi connectivity index (χ2n) is 7.95. The van der Waals surface area contributed by atoms with Crippen molar-refractivity contribution in [3.8, 4) is 11.4 Å². The standard InChI is InChI=1S/C29H23N3O3/c1-21-27(25-19-11-12-20-26(25)28(33)31(21)23-15-7-3-8-16-23)35-29(34)32(24-17-9-4-10-18-24)30-22-13-5-2-6-14-22/h2-20,30H,1H3. The van der Waals surface area contributed by atoms with E-state index in [9.17, 15) is 9.59 Å². The molecule has 1 amide bonds. The molecule has 5 aromatic rings.